The highest BCUT2D eigenvalue weighted by Gasteiger charge is 2.19. The van der Waals surface area contributed by atoms with Crippen molar-refractivity contribution in [2.75, 3.05) is 33.4 Å². The molecule has 0 radical (unpaired) electrons. The molecule has 1 amide bonds. The minimum atomic E-state index is -0.252. The van der Waals surface area contributed by atoms with E-state index in [9.17, 15) is 9.18 Å². The van der Waals surface area contributed by atoms with Gasteiger partial charge in [-0.1, -0.05) is 12.1 Å². The molecule has 0 aliphatic heterocycles. The number of amides is 1. The lowest BCUT2D eigenvalue weighted by Crippen LogP contribution is -2.40. The van der Waals surface area contributed by atoms with E-state index in [1.54, 1.807) is 23.9 Å². The molecule has 5 heteroatoms. The van der Waals surface area contributed by atoms with Crippen molar-refractivity contribution in [3.8, 4) is 0 Å². The molecule has 0 bridgehead atoms. The fourth-order valence-corrected chi connectivity index (χ4v) is 2.11. The fourth-order valence-electron chi connectivity index (χ4n) is 1.76. The standard InChI is InChI=1S/C15H23FN2OS/c1-12(20-4)15(19)18(10-9-17(2)3)11-13-5-7-14(16)8-6-13/h5-8,12H,9-11H2,1-4H3. The molecular weight excluding hydrogens is 275 g/mol. The van der Waals surface area contributed by atoms with Crippen molar-refractivity contribution in [1.29, 1.82) is 0 Å². The molecule has 0 aliphatic carbocycles. The van der Waals surface area contributed by atoms with Crippen LogP contribution in [0.5, 0.6) is 0 Å². The first-order valence-electron chi connectivity index (χ1n) is 6.64. The average molecular weight is 298 g/mol. The second-order valence-corrected chi connectivity index (χ2v) is 6.25. The smallest absolute Gasteiger partial charge is 0.235 e. The zero-order valence-corrected chi connectivity index (χ0v) is 13.4. The summed E-state index contributed by atoms with van der Waals surface area (Å²) in [5.74, 6) is -0.124. The van der Waals surface area contributed by atoms with Gasteiger partial charge in [0.25, 0.3) is 0 Å². The molecule has 1 unspecified atom stereocenters. The van der Waals surface area contributed by atoms with Gasteiger partial charge in [0.2, 0.25) is 5.91 Å². The first kappa shape index (κ1) is 17.0. The number of likely N-dealkylation sites (N-methyl/N-ethyl adjacent to an activating group) is 1. The highest BCUT2D eigenvalue weighted by atomic mass is 32.2. The third-order valence-electron chi connectivity index (χ3n) is 3.12. The molecule has 1 aromatic carbocycles. The van der Waals surface area contributed by atoms with Crippen LogP contribution in [0.2, 0.25) is 0 Å². The van der Waals surface area contributed by atoms with Crippen LogP contribution in [0.3, 0.4) is 0 Å². The van der Waals surface area contributed by atoms with Gasteiger partial charge in [0, 0.05) is 19.6 Å². The monoisotopic (exact) mass is 298 g/mol. The Hall–Kier alpha value is -1.07. The largest absolute Gasteiger partial charge is 0.336 e. The molecule has 1 atom stereocenters. The van der Waals surface area contributed by atoms with E-state index in [0.29, 0.717) is 13.1 Å². The maximum absolute atomic E-state index is 12.9. The van der Waals surface area contributed by atoms with Crippen molar-refractivity contribution in [3.63, 3.8) is 0 Å². The molecule has 0 heterocycles. The Morgan fingerprint density at radius 2 is 1.85 bits per heavy atom. The lowest BCUT2D eigenvalue weighted by molar-refractivity contribution is -0.131. The van der Waals surface area contributed by atoms with Crippen molar-refractivity contribution in [3.05, 3.63) is 35.6 Å². The maximum atomic E-state index is 12.9. The maximum Gasteiger partial charge on any atom is 0.235 e. The molecule has 0 saturated carbocycles. The molecule has 0 aromatic heterocycles. The summed E-state index contributed by atoms with van der Waals surface area (Å²) in [6.07, 6.45) is 1.94. The molecule has 20 heavy (non-hydrogen) atoms. The summed E-state index contributed by atoms with van der Waals surface area (Å²) < 4.78 is 12.9. The van der Waals surface area contributed by atoms with Crippen molar-refractivity contribution >= 4 is 17.7 Å². The minimum absolute atomic E-state index is 0.0578. The lowest BCUT2D eigenvalue weighted by atomic mass is 10.2. The van der Waals surface area contributed by atoms with E-state index in [-0.39, 0.29) is 17.0 Å². The average Bonchev–Trinajstić information content (AvgIpc) is 2.43. The van der Waals surface area contributed by atoms with Crippen molar-refractivity contribution in [2.45, 2.75) is 18.7 Å². The van der Waals surface area contributed by atoms with Crippen LogP contribution < -0.4 is 0 Å². The molecule has 0 saturated heterocycles. The number of benzene rings is 1. The highest BCUT2D eigenvalue weighted by Crippen LogP contribution is 2.13. The number of carbonyl (C=O) groups excluding carboxylic acids is 1. The number of hydrogen-bond donors (Lipinski definition) is 0. The van der Waals surface area contributed by atoms with Crippen LogP contribution in [0.1, 0.15) is 12.5 Å². The number of halogens is 1. The van der Waals surface area contributed by atoms with Gasteiger partial charge in [-0.3, -0.25) is 4.79 Å². The van der Waals surface area contributed by atoms with Gasteiger partial charge >= 0.3 is 0 Å². The third kappa shape index (κ3) is 5.51. The fraction of sp³-hybridized carbons (Fsp3) is 0.533. The van der Waals surface area contributed by atoms with Crippen molar-refractivity contribution in [2.24, 2.45) is 0 Å². The van der Waals surface area contributed by atoms with Gasteiger partial charge in [0.05, 0.1) is 5.25 Å². The Labute approximate surface area is 125 Å². The summed E-state index contributed by atoms with van der Waals surface area (Å²) in [6.45, 7) is 3.93. The number of hydrogen-bond acceptors (Lipinski definition) is 3. The van der Waals surface area contributed by atoms with Gasteiger partial charge in [0.15, 0.2) is 0 Å². The van der Waals surface area contributed by atoms with Gasteiger partial charge in [0.1, 0.15) is 5.82 Å². The summed E-state index contributed by atoms with van der Waals surface area (Å²) in [4.78, 5) is 16.3. The van der Waals surface area contributed by atoms with E-state index in [0.717, 1.165) is 12.1 Å². The van der Waals surface area contributed by atoms with Crippen molar-refractivity contribution in [1.82, 2.24) is 9.80 Å². The SMILES string of the molecule is CSC(C)C(=O)N(CCN(C)C)Cc1ccc(F)cc1. The molecular formula is C15H23FN2OS. The molecule has 0 fully saturated rings. The van der Waals surface area contributed by atoms with Gasteiger partial charge < -0.3 is 9.80 Å². The Morgan fingerprint density at radius 3 is 2.35 bits per heavy atom. The molecule has 112 valence electrons. The lowest BCUT2D eigenvalue weighted by Gasteiger charge is -2.26. The topological polar surface area (TPSA) is 23.6 Å². The Morgan fingerprint density at radius 1 is 1.25 bits per heavy atom. The summed E-state index contributed by atoms with van der Waals surface area (Å²) in [5, 5.41) is -0.0578. The van der Waals surface area contributed by atoms with Crippen LogP contribution in [0.25, 0.3) is 0 Å². The molecule has 3 nitrogen and oxygen atoms in total. The van der Waals surface area contributed by atoms with Gasteiger partial charge in [-0.2, -0.15) is 11.8 Å². The van der Waals surface area contributed by atoms with Gasteiger partial charge in [-0.15, -0.1) is 0 Å². The van der Waals surface area contributed by atoms with Crippen LogP contribution in [0, 0.1) is 5.82 Å². The zero-order chi connectivity index (χ0) is 15.1. The quantitative estimate of drug-likeness (QED) is 0.772. The van der Waals surface area contributed by atoms with Crippen LogP contribution >= 0.6 is 11.8 Å². The van der Waals surface area contributed by atoms with Crippen LogP contribution in [0.4, 0.5) is 4.39 Å². The van der Waals surface area contributed by atoms with Crippen LogP contribution in [-0.4, -0.2) is 54.4 Å². The van der Waals surface area contributed by atoms with E-state index in [4.69, 9.17) is 0 Å². The van der Waals surface area contributed by atoms with Crippen LogP contribution in [0.15, 0.2) is 24.3 Å². The predicted molar refractivity (Wildman–Crippen MR) is 83.3 cm³/mol. The number of nitrogens with zero attached hydrogens (tertiary/aromatic N) is 2. The van der Waals surface area contributed by atoms with E-state index in [1.165, 1.54) is 12.1 Å². The van der Waals surface area contributed by atoms with Gasteiger partial charge in [-0.05, 0) is 45.0 Å². The van der Waals surface area contributed by atoms with E-state index in [2.05, 4.69) is 4.90 Å². The second-order valence-electron chi connectivity index (χ2n) is 5.07. The van der Waals surface area contributed by atoms with Crippen LogP contribution in [-0.2, 0) is 11.3 Å². The molecule has 0 N–H and O–H groups in total. The molecule has 0 spiro atoms. The molecule has 0 aliphatic rings. The Bertz CT molecular complexity index is 422. The Kier molecular flexibility index (Phi) is 7.02. The third-order valence-corrected chi connectivity index (χ3v) is 4.03. The van der Waals surface area contributed by atoms with E-state index >= 15 is 0 Å². The summed E-state index contributed by atoms with van der Waals surface area (Å²) in [7, 11) is 3.97. The summed E-state index contributed by atoms with van der Waals surface area (Å²) in [5.41, 5.74) is 0.951. The zero-order valence-electron chi connectivity index (χ0n) is 12.6. The van der Waals surface area contributed by atoms with E-state index in [1.807, 2.05) is 32.2 Å². The molecule has 1 rings (SSSR count). The Balaban J connectivity index is 2.75. The number of carbonyl (C=O) groups is 1. The summed E-state index contributed by atoms with van der Waals surface area (Å²) in [6, 6.07) is 6.33. The first-order chi connectivity index (χ1) is 9.43. The summed E-state index contributed by atoms with van der Waals surface area (Å²) >= 11 is 1.54. The number of rotatable bonds is 7. The van der Waals surface area contributed by atoms with Gasteiger partial charge in [-0.25, -0.2) is 4.39 Å². The van der Waals surface area contributed by atoms with Crippen molar-refractivity contribution < 1.29 is 9.18 Å². The normalized spacial score (nSPS) is 12.5. The second kappa shape index (κ2) is 8.27. The first-order valence-corrected chi connectivity index (χ1v) is 7.93. The minimum Gasteiger partial charge on any atom is -0.336 e. The predicted octanol–water partition coefficient (Wildman–Crippen LogP) is 2.47. The van der Waals surface area contributed by atoms with E-state index < -0.39 is 0 Å². The highest BCUT2D eigenvalue weighted by molar-refractivity contribution is 7.99. The molecule has 1 aromatic rings. The number of thioether (sulfide) groups is 1.